The van der Waals surface area contributed by atoms with Gasteiger partial charge in [-0.15, -0.1) is 11.3 Å². The van der Waals surface area contributed by atoms with Crippen molar-refractivity contribution in [3.8, 4) is 0 Å². The molecule has 0 unspecified atom stereocenters. The number of anilines is 3. The number of thioether (sulfide) groups is 1. The molecule has 1 aliphatic carbocycles. The maximum absolute atomic E-state index is 4.86. The minimum Gasteiger partial charge on any atom is -0.369 e. The molecule has 0 aromatic carbocycles. The fourth-order valence-corrected chi connectivity index (χ4v) is 5.86. The van der Waals surface area contributed by atoms with Gasteiger partial charge in [0.05, 0.1) is 5.69 Å². The Morgan fingerprint density at radius 1 is 1.17 bits per heavy atom. The lowest BCUT2D eigenvalue weighted by molar-refractivity contribution is 0.316. The highest BCUT2D eigenvalue weighted by Crippen LogP contribution is 2.39. The van der Waals surface area contributed by atoms with Crippen LogP contribution in [0.1, 0.15) is 30.8 Å². The summed E-state index contributed by atoms with van der Waals surface area (Å²) in [4.78, 5) is 17.5. The average molecular weight is 458 g/mol. The third-order valence-corrected chi connectivity index (χ3v) is 7.55. The van der Waals surface area contributed by atoms with Crippen LogP contribution in [0.3, 0.4) is 0 Å². The minimum absolute atomic E-state index is 0.365. The molecule has 8 heteroatoms. The Balaban J connectivity index is 1.56. The number of nitrogens with one attached hydrogen (secondary N) is 2. The van der Waals surface area contributed by atoms with Gasteiger partial charge in [-0.1, -0.05) is 25.6 Å². The van der Waals surface area contributed by atoms with Gasteiger partial charge in [-0.25, -0.2) is 9.97 Å². The molecule has 0 radical (unpaired) electrons. The predicted octanol–water partition coefficient (Wildman–Crippen LogP) is 6.12. The van der Waals surface area contributed by atoms with E-state index in [0.717, 1.165) is 51.7 Å². The van der Waals surface area contributed by atoms with Crippen molar-refractivity contribution in [1.82, 2.24) is 15.0 Å². The molecule has 2 N–H and O–H groups in total. The number of nitrogens with zero attached hydrogens (tertiary/aromatic N) is 3. The molecule has 0 saturated heterocycles. The molecule has 5 nitrogen and oxygen atoms in total. The van der Waals surface area contributed by atoms with Crippen molar-refractivity contribution in [1.29, 1.82) is 0 Å². The quantitative estimate of drug-likeness (QED) is 0.395. The van der Waals surface area contributed by atoms with Crippen LogP contribution in [0.2, 0.25) is 0 Å². The molecular formula is C22H27N5S3. The third-order valence-electron chi connectivity index (χ3n) is 4.97. The molecule has 0 atom stereocenters. The number of rotatable bonds is 8. The van der Waals surface area contributed by atoms with E-state index in [1.165, 1.54) is 17.0 Å². The Morgan fingerprint density at radius 3 is 2.83 bits per heavy atom. The lowest BCUT2D eigenvalue weighted by Gasteiger charge is -2.28. The molecule has 0 saturated carbocycles. The number of hydrogen-bond acceptors (Lipinski definition) is 8. The Hall–Kier alpha value is -1.77. The van der Waals surface area contributed by atoms with Crippen molar-refractivity contribution in [2.24, 2.45) is 5.41 Å². The summed E-state index contributed by atoms with van der Waals surface area (Å²) in [5.74, 6) is 2.74. The smallest absolute Gasteiger partial charge is 0.188 e. The van der Waals surface area contributed by atoms with E-state index < -0.39 is 0 Å². The van der Waals surface area contributed by atoms with Crippen LogP contribution in [-0.2, 0) is 12.8 Å². The fraction of sp³-hybridized carbons (Fsp3) is 0.409. The van der Waals surface area contributed by atoms with E-state index in [2.05, 4.69) is 53.9 Å². The summed E-state index contributed by atoms with van der Waals surface area (Å²) in [6.07, 6.45) is 9.16. The number of thiazole rings is 1. The van der Waals surface area contributed by atoms with Crippen LogP contribution >= 0.6 is 34.9 Å². The first kappa shape index (κ1) is 21.5. The monoisotopic (exact) mass is 457 g/mol. The van der Waals surface area contributed by atoms with Gasteiger partial charge in [-0.05, 0) is 55.2 Å². The van der Waals surface area contributed by atoms with Gasteiger partial charge >= 0.3 is 0 Å². The van der Waals surface area contributed by atoms with Crippen LogP contribution in [0.15, 0.2) is 46.5 Å². The van der Waals surface area contributed by atoms with Crippen LogP contribution in [-0.4, -0.2) is 33.5 Å². The molecular weight excluding hydrogens is 430 g/mol. The Bertz CT molecular complexity index is 988. The molecule has 3 heterocycles. The summed E-state index contributed by atoms with van der Waals surface area (Å²) in [5, 5.41) is 7.84. The van der Waals surface area contributed by atoms with Gasteiger partial charge in [0.2, 0.25) is 0 Å². The molecule has 0 bridgehead atoms. The van der Waals surface area contributed by atoms with Crippen LogP contribution in [0.4, 0.5) is 16.8 Å². The average Bonchev–Trinajstić information content (AvgIpc) is 3.09. The molecule has 4 rings (SSSR count). The summed E-state index contributed by atoms with van der Waals surface area (Å²) in [6, 6.07) is 8.21. The predicted molar refractivity (Wildman–Crippen MR) is 131 cm³/mol. The second kappa shape index (κ2) is 9.58. The number of hydrogen-bond donors (Lipinski definition) is 2. The van der Waals surface area contributed by atoms with Crippen LogP contribution in [0, 0.1) is 5.41 Å². The molecule has 3 aromatic heterocycles. The van der Waals surface area contributed by atoms with Crippen molar-refractivity contribution >= 4 is 51.6 Å². The highest BCUT2D eigenvalue weighted by Gasteiger charge is 2.28. The second-order valence-corrected chi connectivity index (χ2v) is 11.4. The SMILES string of the molecule is CSCCNc1cc(Sc2cccnc2)cc(Nc2nc3c(s2)CC(C)(C)CC3)n1. The fourth-order valence-electron chi connectivity index (χ4n) is 3.40. The zero-order chi connectivity index (χ0) is 21.0. The van der Waals surface area contributed by atoms with Crippen LogP contribution in [0.25, 0.3) is 0 Å². The summed E-state index contributed by atoms with van der Waals surface area (Å²) in [6.45, 7) is 5.57. The normalized spacial score (nSPS) is 14.9. The maximum Gasteiger partial charge on any atom is 0.188 e. The van der Waals surface area contributed by atoms with Crippen molar-refractivity contribution in [3.05, 3.63) is 47.2 Å². The van der Waals surface area contributed by atoms with E-state index in [4.69, 9.17) is 9.97 Å². The zero-order valence-corrected chi connectivity index (χ0v) is 20.0. The highest BCUT2D eigenvalue weighted by molar-refractivity contribution is 7.99. The Kier molecular flexibility index (Phi) is 6.85. The minimum atomic E-state index is 0.365. The topological polar surface area (TPSA) is 62.7 Å². The van der Waals surface area contributed by atoms with E-state index in [-0.39, 0.29) is 0 Å². The molecule has 3 aromatic rings. The molecule has 1 aliphatic rings. The number of aromatic nitrogens is 3. The second-order valence-electron chi connectivity index (χ2n) is 8.14. The van der Waals surface area contributed by atoms with E-state index in [0.29, 0.717) is 5.41 Å². The molecule has 0 aliphatic heterocycles. The van der Waals surface area contributed by atoms with Gasteiger partial charge in [-0.2, -0.15) is 11.8 Å². The summed E-state index contributed by atoms with van der Waals surface area (Å²) >= 11 is 5.28. The summed E-state index contributed by atoms with van der Waals surface area (Å²) in [5.41, 5.74) is 1.62. The van der Waals surface area contributed by atoms with Gasteiger partial charge in [0.1, 0.15) is 11.6 Å². The lowest BCUT2D eigenvalue weighted by atomic mass is 9.79. The summed E-state index contributed by atoms with van der Waals surface area (Å²) < 4.78 is 0. The molecule has 0 fully saturated rings. The van der Waals surface area contributed by atoms with E-state index in [9.17, 15) is 0 Å². The van der Waals surface area contributed by atoms with Crippen LogP contribution in [0.5, 0.6) is 0 Å². The Labute approximate surface area is 190 Å². The number of pyridine rings is 2. The third kappa shape index (κ3) is 5.68. The number of aryl methyl sites for hydroxylation is 1. The molecule has 0 amide bonds. The largest absolute Gasteiger partial charge is 0.369 e. The van der Waals surface area contributed by atoms with Gasteiger partial charge in [0.15, 0.2) is 5.13 Å². The first-order valence-electron chi connectivity index (χ1n) is 10.1. The van der Waals surface area contributed by atoms with Gasteiger partial charge in [0, 0.05) is 39.4 Å². The standard InChI is InChI=1S/C22H27N5S3/c1-22(2)7-6-17-18(13-22)30-21(25-17)27-20-12-16(29-15-5-4-8-23-14-15)11-19(26-20)24-9-10-28-3/h4-5,8,11-12,14H,6-7,9-10,13H2,1-3H3,(H2,24,25,26,27). The van der Waals surface area contributed by atoms with Gasteiger partial charge < -0.3 is 10.6 Å². The van der Waals surface area contributed by atoms with E-state index in [1.807, 2.05) is 24.0 Å². The van der Waals surface area contributed by atoms with Crippen molar-refractivity contribution < 1.29 is 0 Å². The zero-order valence-electron chi connectivity index (χ0n) is 17.6. The van der Waals surface area contributed by atoms with E-state index >= 15 is 0 Å². The maximum atomic E-state index is 4.86. The summed E-state index contributed by atoms with van der Waals surface area (Å²) in [7, 11) is 0. The van der Waals surface area contributed by atoms with Gasteiger partial charge in [0.25, 0.3) is 0 Å². The molecule has 158 valence electrons. The van der Waals surface area contributed by atoms with Crippen molar-refractivity contribution in [2.75, 3.05) is 29.2 Å². The number of fused-ring (bicyclic) bond motifs is 1. The highest BCUT2D eigenvalue weighted by atomic mass is 32.2. The van der Waals surface area contributed by atoms with Gasteiger partial charge in [-0.3, -0.25) is 4.98 Å². The van der Waals surface area contributed by atoms with Crippen molar-refractivity contribution in [3.63, 3.8) is 0 Å². The molecule has 0 spiro atoms. The molecule has 30 heavy (non-hydrogen) atoms. The van der Waals surface area contributed by atoms with Crippen molar-refractivity contribution in [2.45, 2.75) is 42.9 Å². The first-order chi connectivity index (χ1) is 14.5. The van der Waals surface area contributed by atoms with Crippen LogP contribution < -0.4 is 10.6 Å². The van der Waals surface area contributed by atoms with E-state index in [1.54, 1.807) is 29.3 Å². The Morgan fingerprint density at radius 2 is 2.03 bits per heavy atom. The first-order valence-corrected chi connectivity index (χ1v) is 13.1. The lowest BCUT2D eigenvalue weighted by Crippen LogP contribution is -2.20.